The second kappa shape index (κ2) is 7.31. The predicted molar refractivity (Wildman–Crippen MR) is 107 cm³/mol. The zero-order chi connectivity index (χ0) is 19.0. The summed E-state index contributed by atoms with van der Waals surface area (Å²) in [6.07, 6.45) is 6.53. The van der Waals surface area contributed by atoms with E-state index in [-0.39, 0.29) is 5.92 Å². The second-order valence-corrected chi connectivity index (χ2v) is 9.86. The second-order valence-electron chi connectivity index (χ2n) is 6.48. The smallest absolute Gasteiger partial charge is 0.213 e. The van der Waals surface area contributed by atoms with Crippen molar-refractivity contribution in [3.8, 4) is 0 Å². The van der Waals surface area contributed by atoms with Crippen molar-refractivity contribution in [3.63, 3.8) is 0 Å². The van der Waals surface area contributed by atoms with Crippen molar-refractivity contribution in [1.82, 2.24) is 24.1 Å². The maximum absolute atomic E-state index is 11.7. The summed E-state index contributed by atoms with van der Waals surface area (Å²) >= 11 is 7.63. The summed E-state index contributed by atoms with van der Waals surface area (Å²) < 4.78 is 26.6. The van der Waals surface area contributed by atoms with Crippen LogP contribution in [0.4, 0.5) is 0 Å². The fourth-order valence-electron chi connectivity index (χ4n) is 3.19. The molecule has 0 unspecified atom stereocenters. The molecule has 0 saturated carbocycles. The van der Waals surface area contributed by atoms with E-state index in [4.69, 9.17) is 11.6 Å². The number of fused-ring (bicyclic) bond motifs is 1. The average Bonchev–Trinajstić information content (AvgIpc) is 3.20. The first-order chi connectivity index (χ1) is 12.9. The fraction of sp³-hybridized carbons (Fsp3) is 0.353. The molecule has 0 spiro atoms. The summed E-state index contributed by atoms with van der Waals surface area (Å²) in [5.74, 6) is 0.951. The van der Waals surface area contributed by atoms with Gasteiger partial charge in [-0.3, -0.25) is 0 Å². The van der Waals surface area contributed by atoms with Crippen molar-refractivity contribution in [1.29, 1.82) is 0 Å². The van der Waals surface area contributed by atoms with Gasteiger partial charge in [0.25, 0.3) is 0 Å². The number of hydrogen-bond donors (Lipinski definition) is 0. The van der Waals surface area contributed by atoms with E-state index in [9.17, 15) is 8.42 Å². The molecule has 1 aliphatic heterocycles. The summed E-state index contributed by atoms with van der Waals surface area (Å²) in [4.78, 5) is 0.731. The Morgan fingerprint density at radius 3 is 2.63 bits per heavy atom. The highest BCUT2D eigenvalue weighted by atomic mass is 35.5. The molecule has 1 fully saturated rings. The Balaban J connectivity index is 1.54. The number of hydrogen-bond acceptors (Lipinski definition) is 6. The Morgan fingerprint density at radius 2 is 1.93 bits per heavy atom. The molecule has 4 rings (SSSR count). The monoisotopic (exact) mass is 423 g/mol. The molecule has 3 heterocycles. The van der Waals surface area contributed by atoms with E-state index in [0.717, 1.165) is 34.2 Å². The maximum atomic E-state index is 11.7. The minimum atomic E-state index is -3.14. The topological polar surface area (TPSA) is 80.5 Å². The lowest BCUT2D eigenvalue weighted by molar-refractivity contribution is 0.313. The van der Waals surface area contributed by atoms with Crippen LogP contribution in [-0.2, 0) is 10.0 Å². The molecular formula is C17H18ClN5O2S2. The molecule has 0 bridgehead atoms. The quantitative estimate of drug-likeness (QED) is 0.643. The first kappa shape index (κ1) is 18.5. The van der Waals surface area contributed by atoms with Crippen LogP contribution in [0.25, 0.3) is 17.1 Å². The summed E-state index contributed by atoms with van der Waals surface area (Å²) in [7, 11) is -3.14. The van der Waals surface area contributed by atoms with Gasteiger partial charge in [-0.15, -0.1) is 10.2 Å². The van der Waals surface area contributed by atoms with Gasteiger partial charge >= 0.3 is 0 Å². The van der Waals surface area contributed by atoms with Gasteiger partial charge in [-0.05, 0) is 30.5 Å². The minimum Gasteiger partial charge on any atom is -0.213 e. The molecule has 1 aliphatic rings. The van der Waals surface area contributed by atoms with E-state index in [1.54, 1.807) is 4.52 Å². The molecule has 1 saturated heterocycles. The SMILES string of the molecule is CS(=O)(=O)N1CCC(c2nnc3sc(C=Cc4ccccc4Cl)nn23)CC1. The first-order valence-electron chi connectivity index (χ1n) is 8.52. The van der Waals surface area contributed by atoms with Gasteiger partial charge in [0.05, 0.1) is 6.26 Å². The molecule has 10 heteroatoms. The Labute approximate surface area is 166 Å². The van der Waals surface area contributed by atoms with Crippen molar-refractivity contribution >= 4 is 50.1 Å². The zero-order valence-corrected chi connectivity index (χ0v) is 17.0. The fourth-order valence-corrected chi connectivity index (χ4v) is 5.01. The van der Waals surface area contributed by atoms with Crippen LogP contribution in [0.5, 0.6) is 0 Å². The number of piperidine rings is 1. The van der Waals surface area contributed by atoms with Crippen LogP contribution in [0, 0.1) is 0 Å². The molecule has 7 nitrogen and oxygen atoms in total. The highest BCUT2D eigenvalue weighted by Gasteiger charge is 2.29. The lowest BCUT2D eigenvalue weighted by Crippen LogP contribution is -2.37. The lowest BCUT2D eigenvalue weighted by Gasteiger charge is -2.28. The number of aromatic nitrogens is 4. The van der Waals surface area contributed by atoms with Crippen LogP contribution >= 0.6 is 22.9 Å². The van der Waals surface area contributed by atoms with E-state index in [1.807, 2.05) is 36.4 Å². The van der Waals surface area contributed by atoms with Gasteiger partial charge in [0.15, 0.2) is 5.82 Å². The lowest BCUT2D eigenvalue weighted by atomic mass is 9.97. The van der Waals surface area contributed by atoms with Crippen molar-refractivity contribution in [2.24, 2.45) is 0 Å². The van der Waals surface area contributed by atoms with Crippen LogP contribution in [0.15, 0.2) is 24.3 Å². The Kier molecular flexibility index (Phi) is 5.02. The summed E-state index contributed by atoms with van der Waals surface area (Å²) in [5.41, 5.74) is 0.929. The molecule has 0 N–H and O–H groups in total. The van der Waals surface area contributed by atoms with Gasteiger partial charge in [0.2, 0.25) is 15.0 Å². The zero-order valence-electron chi connectivity index (χ0n) is 14.6. The van der Waals surface area contributed by atoms with Gasteiger partial charge in [-0.25, -0.2) is 12.7 Å². The molecule has 0 radical (unpaired) electrons. The van der Waals surface area contributed by atoms with E-state index >= 15 is 0 Å². The van der Waals surface area contributed by atoms with Crippen LogP contribution in [0.2, 0.25) is 5.02 Å². The van der Waals surface area contributed by atoms with Crippen molar-refractivity contribution in [2.75, 3.05) is 19.3 Å². The van der Waals surface area contributed by atoms with Gasteiger partial charge < -0.3 is 0 Å². The Morgan fingerprint density at radius 1 is 1.19 bits per heavy atom. The summed E-state index contributed by atoms with van der Waals surface area (Å²) in [6, 6.07) is 7.62. The van der Waals surface area contributed by atoms with Crippen LogP contribution in [0.1, 0.15) is 35.2 Å². The highest BCUT2D eigenvalue weighted by molar-refractivity contribution is 7.88. The van der Waals surface area contributed by atoms with E-state index in [0.29, 0.717) is 18.1 Å². The number of nitrogens with zero attached hydrogens (tertiary/aromatic N) is 5. The molecule has 142 valence electrons. The molecule has 0 amide bonds. The number of halogens is 1. The summed E-state index contributed by atoms with van der Waals surface area (Å²) in [6.45, 7) is 1.00. The predicted octanol–water partition coefficient (Wildman–Crippen LogP) is 3.15. The molecule has 27 heavy (non-hydrogen) atoms. The van der Waals surface area contributed by atoms with Gasteiger partial charge in [0, 0.05) is 24.0 Å². The third kappa shape index (κ3) is 3.91. The molecule has 3 aromatic rings. The van der Waals surface area contributed by atoms with E-state index in [2.05, 4.69) is 15.3 Å². The Bertz CT molecular complexity index is 1100. The van der Waals surface area contributed by atoms with E-state index < -0.39 is 10.0 Å². The van der Waals surface area contributed by atoms with Crippen LogP contribution in [-0.4, -0.2) is 51.9 Å². The minimum absolute atomic E-state index is 0.153. The van der Waals surface area contributed by atoms with E-state index in [1.165, 1.54) is 21.9 Å². The van der Waals surface area contributed by atoms with Crippen molar-refractivity contribution < 1.29 is 8.42 Å². The van der Waals surface area contributed by atoms with Crippen LogP contribution < -0.4 is 0 Å². The van der Waals surface area contributed by atoms with Crippen molar-refractivity contribution in [2.45, 2.75) is 18.8 Å². The van der Waals surface area contributed by atoms with Gasteiger partial charge in [-0.1, -0.05) is 47.2 Å². The number of rotatable bonds is 4. The third-order valence-electron chi connectivity index (χ3n) is 4.63. The van der Waals surface area contributed by atoms with Gasteiger partial charge in [-0.2, -0.15) is 9.61 Å². The molecule has 0 aliphatic carbocycles. The normalized spacial score (nSPS) is 17.3. The molecular weight excluding hydrogens is 406 g/mol. The third-order valence-corrected chi connectivity index (χ3v) is 7.14. The maximum Gasteiger partial charge on any atom is 0.234 e. The standard InChI is InChI=1S/C17H18ClN5O2S2/c1-27(24,25)22-10-8-13(9-11-22)16-19-20-17-23(16)21-15(26-17)7-6-12-4-2-3-5-14(12)18/h2-7,13H,8-11H2,1H3. The average molecular weight is 424 g/mol. The Hall–Kier alpha value is -1.81. The summed E-state index contributed by atoms with van der Waals surface area (Å²) in [5, 5.41) is 14.6. The van der Waals surface area contributed by atoms with Crippen molar-refractivity contribution in [3.05, 3.63) is 45.7 Å². The largest absolute Gasteiger partial charge is 0.234 e. The number of benzene rings is 1. The first-order valence-corrected chi connectivity index (χ1v) is 11.6. The molecule has 0 atom stereocenters. The molecule has 2 aromatic heterocycles. The molecule has 1 aromatic carbocycles. The van der Waals surface area contributed by atoms with Crippen LogP contribution in [0.3, 0.4) is 0 Å². The highest BCUT2D eigenvalue weighted by Crippen LogP contribution is 2.29. The van der Waals surface area contributed by atoms with Gasteiger partial charge in [0.1, 0.15) is 5.01 Å². The number of sulfonamides is 1.